The van der Waals surface area contributed by atoms with Gasteiger partial charge in [0.05, 0.1) is 0 Å². The first-order chi connectivity index (χ1) is 6.20. The van der Waals surface area contributed by atoms with Gasteiger partial charge in [-0.05, 0) is 13.3 Å². The smallest absolute Gasteiger partial charge is 0.188 e. The first-order valence-corrected chi connectivity index (χ1v) is 5.19. The normalized spacial score (nSPS) is 14.2. The third-order valence-electron chi connectivity index (χ3n) is 2.13. The third-order valence-corrected chi connectivity index (χ3v) is 2.13. The van der Waals surface area contributed by atoms with E-state index in [4.69, 9.17) is 5.73 Å². The van der Waals surface area contributed by atoms with E-state index in [0.717, 1.165) is 0 Å². The summed E-state index contributed by atoms with van der Waals surface area (Å²) in [6.45, 7) is 4.37. The molecule has 78 valence electrons. The highest BCUT2D eigenvalue weighted by Gasteiger charge is 2.00. The van der Waals surface area contributed by atoms with Crippen LogP contribution in [-0.2, 0) is 0 Å². The van der Waals surface area contributed by atoms with Crippen LogP contribution in [0.3, 0.4) is 0 Å². The molecule has 3 nitrogen and oxygen atoms in total. The largest absolute Gasteiger partial charge is 0.370 e. The van der Waals surface area contributed by atoms with Gasteiger partial charge < -0.3 is 11.1 Å². The average Bonchev–Trinajstić information content (AvgIpc) is 2.12. The Bertz CT molecular complexity index is 143. The highest BCUT2D eigenvalue weighted by molar-refractivity contribution is 5.77. The maximum Gasteiger partial charge on any atom is 0.188 e. The van der Waals surface area contributed by atoms with Crippen molar-refractivity contribution in [3.05, 3.63) is 0 Å². The highest BCUT2D eigenvalue weighted by atomic mass is 15.1. The van der Waals surface area contributed by atoms with Gasteiger partial charge in [0.15, 0.2) is 5.96 Å². The Kier molecular flexibility index (Phi) is 7.45. The van der Waals surface area contributed by atoms with E-state index in [9.17, 15) is 0 Å². The summed E-state index contributed by atoms with van der Waals surface area (Å²) in [5.41, 5.74) is 5.54. The van der Waals surface area contributed by atoms with E-state index in [1.54, 1.807) is 7.05 Å². The van der Waals surface area contributed by atoms with Gasteiger partial charge in [0.25, 0.3) is 0 Å². The first kappa shape index (κ1) is 12.3. The first-order valence-electron chi connectivity index (χ1n) is 5.19. The lowest BCUT2D eigenvalue weighted by Gasteiger charge is -2.13. The number of nitrogens with two attached hydrogens (primary N) is 1. The fourth-order valence-corrected chi connectivity index (χ4v) is 1.27. The molecule has 0 aliphatic rings. The van der Waals surface area contributed by atoms with Crippen molar-refractivity contribution in [2.75, 3.05) is 7.05 Å². The number of rotatable bonds is 6. The minimum absolute atomic E-state index is 0.445. The predicted octanol–water partition coefficient (Wildman–Crippen LogP) is 1.88. The molecule has 13 heavy (non-hydrogen) atoms. The summed E-state index contributed by atoms with van der Waals surface area (Å²) in [6.07, 6.45) is 6.41. The molecular weight excluding hydrogens is 162 g/mol. The minimum Gasteiger partial charge on any atom is -0.370 e. The molecule has 0 heterocycles. The van der Waals surface area contributed by atoms with E-state index in [1.165, 1.54) is 32.1 Å². The van der Waals surface area contributed by atoms with Crippen LogP contribution in [0.2, 0.25) is 0 Å². The quantitative estimate of drug-likeness (QED) is 0.377. The van der Waals surface area contributed by atoms with Crippen molar-refractivity contribution >= 4 is 5.96 Å². The zero-order chi connectivity index (χ0) is 10.1. The van der Waals surface area contributed by atoms with Crippen LogP contribution in [0.15, 0.2) is 4.99 Å². The van der Waals surface area contributed by atoms with E-state index < -0.39 is 0 Å². The van der Waals surface area contributed by atoms with Gasteiger partial charge in [0.2, 0.25) is 0 Å². The van der Waals surface area contributed by atoms with Crippen molar-refractivity contribution < 1.29 is 0 Å². The second-order valence-electron chi connectivity index (χ2n) is 3.50. The van der Waals surface area contributed by atoms with Gasteiger partial charge in [0, 0.05) is 13.1 Å². The molecule has 3 N–H and O–H groups in total. The van der Waals surface area contributed by atoms with Gasteiger partial charge in [-0.1, -0.05) is 32.6 Å². The summed E-state index contributed by atoms with van der Waals surface area (Å²) >= 11 is 0. The highest BCUT2D eigenvalue weighted by Crippen LogP contribution is 2.04. The van der Waals surface area contributed by atoms with Gasteiger partial charge in [0.1, 0.15) is 0 Å². The molecule has 1 unspecified atom stereocenters. The Morgan fingerprint density at radius 1 is 1.38 bits per heavy atom. The van der Waals surface area contributed by atoms with E-state index in [1.807, 2.05) is 0 Å². The molecule has 0 aromatic carbocycles. The van der Waals surface area contributed by atoms with E-state index in [-0.39, 0.29) is 0 Å². The number of hydrogen-bond donors (Lipinski definition) is 2. The molecule has 0 spiro atoms. The minimum atomic E-state index is 0.445. The second kappa shape index (κ2) is 7.90. The molecule has 0 aromatic rings. The topological polar surface area (TPSA) is 50.4 Å². The van der Waals surface area contributed by atoms with E-state index in [2.05, 4.69) is 24.2 Å². The fourth-order valence-electron chi connectivity index (χ4n) is 1.27. The molecule has 0 radical (unpaired) electrons. The summed E-state index contributed by atoms with van der Waals surface area (Å²) in [6, 6.07) is 0.445. The van der Waals surface area contributed by atoms with Crippen molar-refractivity contribution in [1.29, 1.82) is 0 Å². The van der Waals surface area contributed by atoms with Gasteiger partial charge >= 0.3 is 0 Å². The molecule has 0 amide bonds. The lowest BCUT2D eigenvalue weighted by Crippen LogP contribution is -2.38. The van der Waals surface area contributed by atoms with E-state index >= 15 is 0 Å². The summed E-state index contributed by atoms with van der Waals surface area (Å²) in [5, 5.41) is 3.13. The van der Waals surface area contributed by atoms with Crippen molar-refractivity contribution in [3.63, 3.8) is 0 Å². The van der Waals surface area contributed by atoms with Crippen molar-refractivity contribution in [2.45, 2.75) is 52.0 Å². The fraction of sp³-hybridized carbons (Fsp3) is 0.900. The summed E-state index contributed by atoms with van der Waals surface area (Å²) in [5.74, 6) is 0.544. The average molecular weight is 185 g/mol. The van der Waals surface area contributed by atoms with Crippen LogP contribution in [0.25, 0.3) is 0 Å². The summed E-state index contributed by atoms with van der Waals surface area (Å²) in [4.78, 5) is 3.86. The van der Waals surface area contributed by atoms with E-state index in [0.29, 0.717) is 12.0 Å². The standard InChI is InChI=1S/C10H23N3/c1-4-5-6-7-8-9(2)13-10(11)12-3/h9H,4-8H2,1-3H3,(H3,11,12,13). The monoisotopic (exact) mass is 185 g/mol. The molecule has 0 aromatic heterocycles. The molecule has 0 bridgehead atoms. The Labute approximate surface area is 81.8 Å². The van der Waals surface area contributed by atoms with Gasteiger partial charge in [-0.25, -0.2) is 0 Å². The van der Waals surface area contributed by atoms with Gasteiger partial charge in [-0.15, -0.1) is 0 Å². The second-order valence-corrected chi connectivity index (χ2v) is 3.50. The molecule has 0 saturated heterocycles. The molecule has 1 atom stereocenters. The Morgan fingerprint density at radius 2 is 2.08 bits per heavy atom. The van der Waals surface area contributed by atoms with Crippen LogP contribution in [0.4, 0.5) is 0 Å². The van der Waals surface area contributed by atoms with Crippen LogP contribution >= 0.6 is 0 Å². The van der Waals surface area contributed by atoms with Gasteiger partial charge in [-0.3, -0.25) is 4.99 Å². The van der Waals surface area contributed by atoms with Crippen LogP contribution in [0.1, 0.15) is 46.0 Å². The molecule has 0 rings (SSSR count). The number of unbranched alkanes of at least 4 members (excludes halogenated alkanes) is 3. The maximum absolute atomic E-state index is 5.54. The number of nitrogens with zero attached hydrogens (tertiary/aromatic N) is 1. The lowest BCUT2D eigenvalue weighted by atomic mass is 10.1. The predicted molar refractivity (Wildman–Crippen MR) is 58.9 cm³/mol. The van der Waals surface area contributed by atoms with Crippen LogP contribution in [0, 0.1) is 0 Å². The van der Waals surface area contributed by atoms with Crippen LogP contribution in [-0.4, -0.2) is 19.0 Å². The third kappa shape index (κ3) is 7.62. The zero-order valence-electron chi connectivity index (χ0n) is 9.14. The van der Waals surface area contributed by atoms with Crippen molar-refractivity contribution in [2.24, 2.45) is 10.7 Å². The summed E-state index contributed by atoms with van der Waals surface area (Å²) < 4.78 is 0. The van der Waals surface area contributed by atoms with Crippen LogP contribution < -0.4 is 11.1 Å². The SMILES string of the molecule is CCCCCCC(C)NC(N)=NC. The number of nitrogens with one attached hydrogen (secondary N) is 1. The van der Waals surface area contributed by atoms with Gasteiger partial charge in [-0.2, -0.15) is 0 Å². The zero-order valence-corrected chi connectivity index (χ0v) is 9.14. The molecule has 0 fully saturated rings. The van der Waals surface area contributed by atoms with Crippen molar-refractivity contribution in [1.82, 2.24) is 5.32 Å². The molecule has 3 heteroatoms. The maximum atomic E-state index is 5.54. The van der Waals surface area contributed by atoms with Crippen LogP contribution in [0.5, 0.6) is 0 Å². The Hall–Kier alpha value is -0.730. The molecule has 0 saturated carbocycles. The molecule has 0 aliphatic carbocycles. The molecular formula is C10H23N3. The Balaban J connectivity index is 3.35. The molecule has 0 aliphatic heterocycles. The van der Waals surface area contributed by atoms with Crippen molar-refractivity contribution in [3.8, 4) is 0 Å². The Morgan fingerprint density at radius 3 is 2.62 bits per heavy atom. The number of hydrogen-bond acceptors (Lipinski definition) is 1. The number of guanidine groups is 1. The number of aliphatic imine (C=N–C) groups is 1. The lowest BCUT2D eigenvalue weighted by molar-refractivity contribution is 0.542. The summed E-state index contributed by atoms with van der Waals surface area (Å²) in [7, 11) is 1.70.